The second kappa shape index (κ2) is 6.15. The highest BCUT2D eigenvalue weighted by atomic mass is 32.2. The first-order valence-corrected chi connectivity index (χ1v) is 7.83. The van der Waals surface area contributed by atoms with Gasteiger partial charge in [0.15, 0.2) is 0 Å². The molecule has 0 amide bonds. The molecule has 2 N–H and O–H groups in total. The Morgan fingerprint density at radius 1 is 1.10 bits per heavy atom. The summed E-state index contributed by atoms with van der Waals surface area (Å²) >= 11 is 0. The molecule has 0 aromatic heterocycles. The number of anilines is 1. The quantitative estimate of drug-likeness (QED) is 0.859. The van der Waals surface area contributed by atoms with Crippen molar-refractivity contribution in [2.24, 2.45) is 0 Å². The van der Waals surface area contributed by atoms with Gasteiger partial charge in [0, 0.05) is 19.8 Å². The van der Waals surface area contributed by atoms with Crippen LogP contribution in [0.15, 0.2) is 53.4 Å². The minimum atomic E-state index is -3.43. The van der Waals surface area contributed by atoms with Crippen LogP contribution >= 0.6 is 0 Å². The first-order valence-electron chi connectivity index (χ1n) is 6.39. The van der Waals surface area contributed by atoms with E-state index in [1.807, 2.05) is 6.07 Å². The second-order valence-electron chi connectivity index (χ2n) is 4.79. The van der Waals surface area contributed by atoms with Crippen LogP contribution in [0.2, 0.25) is 0 Å². The van der Waals surface area contributed by atoms with Gasteiger partial charge < -0.3 is 10.5 Å². The number of nitrogens with two attached hydrogens (primary N) is 1. The van der Waals surface area contributed by atoms with Crippen LogP contribution in [0, 0.1) is 0 Å². The molecule has 2 rings (SSSR count). The largest absolute Gasteiger partial charge is 0.489 e. The molecule has 21 heavy (non-hydrogen) atoms. The Morgan fingerprint density at radius 2 is 1.76 bits per heavy atom. The predicted molar refractivity (Wildman–Crippen MR) is 82.5 cm³/mol. The van der Waals surface area contributed by atoms with Gasteiger partial charge in [-0.15, -0.1) is 0 Å². The third-order valence-electron chi connectivity index (χ3n) is 2.96. The first-order chi connectivity index (χ1) is 9.89. The maximum Gasteiger partial charge on any atom is 0.242 e. The van der Waals surface area contributed by atoms with Gasteiger partial charge in [-0.3, -0.25) is 0 Å². The van der Waals surface area contributed by atoms with Crippen molar-refractivity contribution in [3.63, 3.8) is 0 Å². The van der Waals surface area contributed by atoms with Gasteiger partial charge >= 0.3 is 0 Å². The number of ether oxygens (including phenoxy) is 1. The lowest BCUT2D eigenvalue weighted by molar-refractivity contribution is 0.306. The molecule has 0 radical (unpaired) electrons. The average Bonchev–Trinajstić information content (AvgIpc) is 2.47. The molecule has 0 saturated carbocycles. The van der Waals surface area contributed by atoms with E-state index in [0.717, 1.165) is 5.56 Å². The van der Waals surface area contributed by atoms with Gasteiger partial charge in [0.2, 0.25) is 10.0 Å². The molecule has 2 aromatic rings. The molecule has 0 aliphatic rings. The Balaban J connectivity index is 2.13. The van der Waals surface area contributed by atoms with Crippen LogP contribution in [0.1, 0.15) is 5.56 Å². The zero-order valence-electron chi connectivity index (χ0n) is 12.0. The molecule has 0 heterocycles. The monoisotopic (exact) mass is 306 g/mol. The molecule has 0 atom stereocenters. The summed E-state index contributed by atoms with van der Waals surface area (Å²) in [5.74, 6) is 0.685. The summed E-state index contributed by atoms with van der Waals surface area (Å²) in [5, 5.41) is 0. The summed E-state index contributed by atoms with van der Waals surface area (Å²) in [6, 6.07) is 13.8. The molecule has 0 bridgehead atoms. The van der Waals surface area contributed by atoms with Crippen LogP contribution < -0.4 is 10.5 Å². The molecular formula is C15H18N2O3S. The maximum atomic E-state index is 12.1. The van der Waals surface area contributed by atoms with Crippen LogP contribution in [0.3, 0.4) is 0 Å². The predicted octanol–water partition coefficient (Wildman–Crippen LogP) is 2.10. The van der Waals surface area contributed by atoms with E-state index in [9.17, 15) is 8.42 Å². The Hall–Kier alpha value is -2.05. The van der Waals surface area contributed by atoms with E-state index in [1.54, 1.807) is 42.5 Å². The van der Waals surface area contributed by atoms with Crippen molar-refractivity contribution in [3.05, 3.63) is 54.1 Å². The normalized spacial score (nSPS) is 11.6. The Bertz CT molecular complexity index is 710. The fourth-order valence-corrected chi connectivity index (χ4v) is 2.71. The zero-order valence-corrected chi connectivity index (χ0v) is 12.8. The summed E-state index contributed by atoms with van der Waals surface area (Å²) in [7, 11) is -0.413. The molecule has 5 nitrogen and oxygen atoms in total. The molecule has 6 heteroatoms. The zero-order chi connectivity index (χ0) is 15.5. The van der Waals surface area contributed by atoms with Crippen LogP contribution in [0.25, 0.3) is 0 Å². The van der Waals surface area contributed by atoms with E-state index in [4.69, 9.17) is 10.5 Å². The lowest BCUT2D eigenvalue weighted by Gasteiger charge is -2.12. The average molecular weight is 306 g/mol. The van der Waals surface area contributed by atoms with E-state index in [0.29, 0.717) is 18.0 Å². The minimum absolute atomic E-state index is 0.255. The van der Waals surface area contributed by atoms with Crippen molar-refractivity contribution in [2.45, 2.75) is 11.5 Å². The van der Waals surface area contributed by atoms with Crippen LogP contribution in [0.4, 0.5) is 5.69 Å². The van der Waals surface area contributed by atoms with Gasteiger partial charge in [-0.25, -0.2) is 12.7 Å². The van der Waals surface area contributed by atoms with Gasteiger partial charge in [0.25, 0.3) is 0 Å². The van der Waals surface area contributed by atoms with Gasteiger partial charge in [-0.2, -0.15) is 0 Å². The highest BCUT2D eigenvalue weighted by molar-refractivity contribution is 7.89. The molecular weight excluding hydrogens is 288 g/mol. The van der Waals surface area contributed by atoms with E-state index >= 15 is 0 Å². The summed E-state index contributed by atoms with van der Waals surface area (Å²) in [6.45, 7) is 0.292. The Labute approximate surface area is 125 Å². The van der Waals surface area contributed by atoms with E-state index in [2.05, 4.69) is 0 Å². The minimum Gasteiger partial charge on any atom is -0.489 e. The molecule has 0 aliphatic heterocycles. The standard InChI is InChI=1S/C15H18N2O3S/c1-17(2)21(18,19)15-5-3-4-12(10-15)11-20-14-8-6-13(16)7-9-14/h3-10H,11,16H2,1-2H3. The number of hydrogen-bond donors (Lipinski definition) is 1. The van der Waals surface area contributed by atoms with Crippen molar-refractivity contribution < 1.29 is 13.2 Å². The van der Waals surface area contributed by atoms with Gasteiger partial charge in [-0.1, -0.05) is 12.1 Å². The molecule has 0 unspecified atom stereocenters. The fourth-order valence-electron chi connectivity index (χ4n) is 1.74. The topological polar surface area (TPSA) is 72.6 Å². The third kappa shape index (κ3) is 3.74. The third-order valence-corrected chi connectivity index (χ3v) is 4.77. The molecule has 0 saturated heterocycles. The van der Waals surface area contributed by atoms with Crippen molar-refractivity contribution in [1.82, 2.24) is 4.31 Å². The van der Waals surface area contributed by atoms with E-state index in [1.165, 1.54) is 18.4 Å². The van der Waals surface area contributed by atoms with Gasteiger partial charge in [0.05, 0.1) is 4.90 Å². The highest BCUT2D eigenvalue weighted by Crippen LogP contribution is 2.18. The highest BCUT2D eigenvalue weighted by Gasteiger charge is 2.17. The SMILES string of the molecule is CN(C)S(=O)(=O)c1cccc(COc2ccc(N)cc2)c1. The first kappa shape index (κ1) is 15.3. The summed E-state index contributed by atoms with van der Waals surface area (Å²) in [4.78, 5) is 0.255. The smallest absolute Gasteiger partial charge is 0.242 e. The van der Waals surface area contributed by atoms with Gasteiger partial charge in [0.1, 0.15) is 12.4 Å². The van der Waals surface area contributed by atoms with Crippen LogP contribution in [-0.2, 0) is 16.6 Å². The molecule has 112 valence electrons. The van der Waals surface area contributed by atoms with Crippen molar-refractivity contribution >= 4 is 15.7 Å². The maximum absolute atomic E-state index is 12.1. The number of hydrogen-bond acceptors (Lipinski definition) is 4. The number of nitrogens with zero attached hydrogens (tertiary/aromatic N) is 1. The second-order valence-corrected chi connectivity index (χ2v) is 6.94. The summed E-state index contributed by atoms with van der Waals surface area (Å²) < 4.78 is 30.9. The Kier molecular flexibility index (Phi) is 4.50. The summed E-state index contributed by atoms with van der Waals surface area (Å²) in [5.41, 5.74) is 7.06. The number of sulfonamides is 1. The molecule has 2 aromatic carbocycles. The molecule has 0 spiro atoms. The Morgan fingerprint density at radius 3 is 2.38 bits per heavy atom. The van der Waals surface area contributed by atoms with Crippen molar-refractivity contribution in [2.75, 3.05) is 19.8 Å². The molecule has 0 aliphatic carbocycles. The van der Waals surface area contributed by atoms with Crippen LogP contribution in [-0.4, -0.2) is 26.8 Å². The lowest BCUT2D eigenvalue weighted by Crippen LogP contribution is -2.22. The van der Waals surface area contributed by atoms with E-state index in [-0.39, 0.29) is 4.90 Å². The number of rotatable bonds is 5. The van der Waals surface area contributed by atoms with Gasteiger partial charge in [-0.05, 0) is 42.0 Å². The molecule has 0 fully saturated rings. The lowest BCUT2D eigenvalue weighted by atomic mass is 10.2. The number of nitrogen functional groups attached to an aromatic ring is 1. The fraction of sp³-hybridized carbons (Fsp3) is 0.200. The van der Waals surface area contributed by atoms with Crippen LogP contribution in [0.5, 0.6) is 5.75 Å². The van der Waals surface area contributed by atoms with Crippen molar-refractivity contribution in [3.8, 4) is 5.75 Å². The number of benzene rings is 2. The summed E-state index contributed by atoms with van der Waals surface area (Å²) in [6.07, 6.45) is 0. The van der Waals surface area contributed by atoms with E-state index < -0.39 is 10.0 Å². The van der Waals surface area contributed by atoms with Crippen molar-refractivity contribution in [1.29, 1.82) is 0 Å².